The highest BCUT2D eigenvalue weighted by Gasteiger charge is 2.32. The highest BCUT2D eigenvalue weighted by molar-refractivity contribution is 5.83. The van der Waals surface area contributed by atoms with E-state index in [0.717, 1.165) is 42.4 Å². The van der Waals surface area contributed by atoms with Crippen LogP contribution in [-0.2, 0) is 6.54 Å². The molecule has 0 amide bonds. The van der Waals surface area contributed by atoms with Gasteiger partial charge < -0.3 is 14.5 Å². The minimum atomic E-state index is -0.340. The highest BCUT2D eigenvalue weighted by Crippen LogP contribution is 2.35. The molecule has 4 aromatic rings. The van der Waals surface area contributed by atoms with Gasteiger partial charge in [-0.25, -0.2) is 4.68 Å². The number of rotatable bonds is 5. The summed E-state index contributed by atoms with van der Waals surface area (Å²) in [6.07, 6.45) is 2.17. The number of nitrogens with zero attached hydrogens (tertiary/aromatic N) is 5. The molecule has 0 radical (unpaired) electrons. The van der Waals surface area contributed by atoms with Crippen LogP contribution in [-0.4, -0.2) is 56.4 Å². The molecule has 2 aromatic heterocycles. The van der Waals surface area contributed by atoms with Gasteiger partial charge in [-0.2, -0.15) is 0 Å². The normalized spacial score (nSPS) is 16.8. The summed E-state index contributed by atoms with van der Waals surface area (Å²) < 4.78 is 13.2. The molecule has 1 fully saturated rings. The zero-order valence-corrected chi connectivity index (χ0v) is 18.1. The lowest BCUT2D eigenvalue weighted by Gasteiger charge is -2.26. The Kier molecular flexibility index (Phi) is 5.03. The van der Waals surface area contributed by atoms with E-state index in [2.05, 4.69) is 25.4 Å². The van der Waals surface area contributed by atoms with E-state index in [1.807, 2.05) is 48.5 Å². The average Bonchev–Trinajstić information content (AvgIpc) is 3.52. The first-order valence-corrected chi connectivity index (χ1v) is 11.3. The summed E-state index contributed by atoms with van der Waals surface area (Å²) in [4.78, 5) is 18.7. The number of H-pyrrole nitrogens is 1. The molecule has 4 heterocycles. The van der Waals surface area contributed by atoms with E-state index in [-0.39, 0.29) is 11.6 Å². The Bertz CT molecular complexity index is 1340. The van der Waals surface area contributed by atoms with Crippen molar-refractivity contribution in [1.29, 1.82) is 0 Å². The van der Waals surface area contributed by atoms with Crippen LogP contribution < -0.4 is 15.0 Å². The molecule has 0 bridgehead atoms. The maximum absolute atomic E-state index is 13.3. The van der Waals surface area contributed by atoms with Gasteiger partial charge in [0.1, 0.15) is 19.3 Å². The SMILES string of the molecule is O=c1[nH]c2cc3c(cc2cc1C(c1nnnn1Cc1ccccc1)N1CCCC1)OCCO3. The van der Waals surface area contributed by atoms with Gasteiger partial charge in [-0.15, -0.1) is 5.10 Å². The molecule has 33 heavy (non-hydrogen) atoms. The Morgan fingerprint density at radius 2 is 1.76 bits per heavy atom. The van der Waals surface area contributed by atoms with Gasteiger partial charge in [0.05, 0.1) is 12.1 Å². The van der Waals surface area contributed by atoms with E-state index in [4.69, 9.17) is 9.47 Å². The van der Waals surface area contributed by atoms with Gasteiger partial charge >= 0.3 is 0 Å². The van der Waals surface area contributed by atoms with Crippen molar-refractivity contribution in [1.82, 2.24) is 30.1 Å². The second kappa shape index (κ2) is 8.32. The van der Waals surface area contributed by atoms with E-state index in [1.54, 1.807) is 4.68 Å². The van der Waals surface area contributed by atoms with Gasteiger partial charge in [0, 0.05) is 17.0 Å². The first-order valence-electron chi connectivity index (χ1n) is 11.3. The molecular formula is C24H24N6O3. The number of tetrazole rings is 1. The van der Waals surface area contributed by atoms with Gasteiger partial charge in [0.15, 0.2) is 17.3 Å². The molecule has 2 aromatic carbocycles. The maximum atomic E-state index is 13.3. The number of ether oxygens (including phenoxy) is 2. The predicted molar refractivity (Wildman–Crippen MR) is 122 cm³/mol. The number of fused-ring (bicyclic) bond motifs is 2. The van der Waals surface area contributed by atoms with Crippen LogP contribution in [0.25, 0.3) is 10.9 Å². The average molecular weight is 444 g/mol. The fourth-order valence-electron chi connectivity index (χ4n) is 4.74. The van der Waals surface area contributed by atoms with Crippen LogP contribution in [0.5, 0.6) is 11.5 Å². The standard InChI is InChI=1S/C24H24N6O3/c31-24-18(12-17-13-20-21(14-19(17)25-24)33-11-10-32-20)22(29-8-4-5-9-29)23-26-27-28-30(23)15-16-6-2-1-3-7-16/h1-3,6-7,12-14,22H,4-5,8-11,15H2,(H,25,31). The topological polar surface area (TPSA) is 98.2 Å². The van der Waals surface area contributed by atoms with Crippen molar-refractivity contribution in [3.63, 3.8) is 0 Å². The first kappa shape index (κ1) is 19.9. The fraction of sp³-hybridized carbons (Fsp3) is 0.333. The number of aromatic amines is 1. The molecule has 1 atom stereocenters. The van der Waals surface area contributed by atoms with Crippen LogP contribution >= 0.6 is 0 Å². The predicted octanol–water partition coefficient (Wildman–Crippen LogP) is 2.52. The summed E-state index contributed by atoms with van der Waals surface area (Å²) in [6.45, 7) is 3.34. The van der Waals surface area contributed by atoms with Crippen molar-refractivity contribution in [2.75, 3.05) is 26.3 Å². The van der Waals surface area contributed by atoms with Gasteiger partial charge in [0.25, 0.3) is 5.56 Å². The maximum Gasteiger partial charge on any atom is 0.253 e. The summed E-state index contributed by atoms with van der Waals surface area (Å²) >= 11 is 0. The van der Waals surface area contributed by atoms with Gasteiger partial charge in [0.2, 0.25) is 0 Å². The second-order valence-electron chi connectivity index (χ2n) is 8.46. The Hall–Kier alpha value is -3.72. The molecule has 0 aliphatic carbocycles. The Morgan fingerprint density at radius 1 is 1.00 bits per heavy atom. The minimum absolute atomic E-state index is 0.148. The number of nitrogens with one attached hydrogen (secondary N) is 1. The summed E-state index contributed by atoms with van der Waals surface area (Å²) in [7, 11) is 0. The van der Waals surface area contributed by atoms with Gasteiger partial charge in [-0.05, 0) is 54.1 Å². The number of hydrogen-bond donors (Lipinski definition) is 1. The third-order valence-electron chi connectivity index (χ3n) is 6.32. The lowest BCUT2D eigenvalue weighted by atomic mass is 10.0. The largest absolute Gasteiger partial charge is 0.486 e. The molecule has 9 nitrogen and oxygen atoms in total. The zero-order chi connectivity index (χ0) is 22.2. The smallest absolute Gasteiger partial charge is 0.253 e. The van der Waals surface area contributed by atoms with Crippen LogP contribution in [0.15, 0.2) is 53.3 Å². The van der Waals surface area contributed by atoms with Crippen LogP contribution in [0.4, 0.5) is 0 Å². The van der Waals surface area contributed by atoms with Crippen molar-refractivity contribution < 1.29 is 9.47 Å². The number of hydrogen-bond acceptors (Lipinski definition) is 7. The third-order valence-corrected chi connectivity index (χ3v) is 6.32. The molecule has 2 aliphatic heterocycles. The molecule has 1 saturated heterocycles. The molecule has 0 spiro atoms. The van der Waals surface area contributed by atoms with E-state index >= 15 is 0 Å². The zero-order valence-electron chi connectivity index (χ0n) is 18.1. The summed E-state index contributed by atoms with van der Waals surface area (Å²) in [6, 6.07) is 15.4. The van der Waals surface area contributed by atoms with Crippen molar-refractivity contribution in [3.8, 4) is 11.5 Å². The quantitative estimate of drug-likeness (QED) is 0.505. The van der Waals surface area contributed by atoms with Crippen LogP contribution in [0.1, 0.15) is 35.8 Å². The molecule has 6 rings (SSSR count). The monoisotopic (exact) mass is 444 g/mol. The van der Waals surface area contributed by atoms with E-state index in [0.29, 0.717) is 42.6 Å². The summed E-state index contributed by atoms with van der Waals surface area (Å²) in [5.41, 5.74) is 2.30. The highest BCUT2D eigenvalue weighted by atomic mass is 16.6. The number of likely N-dealkylation sites (tertiary alicyclic amines) is 1. The number of benzene rings is 2. The lowest BCUT2D eigenvalue weighted by Crippen LogP contribution is -2.33. The second-order valence-corrected chi connectivity index (χ2v) is 8.46. The fourth-order valence-corrected chi connectivity index (χ4v) is 4.74. The van der Waals surface area contributed by atoms with Gasteiger partial charge in [-0.3, -0.25) is 9.69 Å². The number of aromatic nitrogens is 5. The van der Waals surface area contributed by atoms with Crippen molar-refractivity contribution in [3.05, 3.63) is 75.8 Å². The first-order chi connectivity index (χ1) is 16.3. The minimum Gasteiger partial charge on any atom is -0.486 e. The van der Waals surface area contributed by atoms with Gasteiger partial charge in [-0.1, -0.05) is 30.3 Å². The Morgan fingerprint density at radius 3 is 2.55 bits per heavy atom. The van der Waals surface area contributed by atoms with Crippen LogP contribution in [0, 0.1) is 0 Å². The van der Waals surface area contributed by atoms with E-state index in [9.17, 15) is 4.79 Å². The third kappa shape index (κ3) is 3.74. The lowest BCUT2D eigenvalue weighted by molar-refractivity contribution is 0.172. The Balaban J connectivity index is 1.46. The Labute approximate surface area is 189 Å². The molecule has 168 valence electrons. The van der Waals surface area contributed by atoms with Crippen molar-refractivity contribution in [2.45, 2.75) is 25.4 Å². The molecule has 1 N–H and O–H groups in total. The molecular weight excluding hydrogens is 420 g/mol. The molecule has 9 heteroatoms. The van der Waals surface area contributed by atoms with E-state index in [1.165, 1.54) is 0 Å². The molecule has 1 unspecified atom stereocenters. The summed E-state index contributed by atoms with van der Waals surface area (Å²) in [5, 5.41) is 13.5. The van der Waals surface area contributed by atoms with Crippen LogP contribution in [0.3, 0.4) is 0 Å². The molecule has 2 aliphatic rings. The van der Waals surface area contributed by atoms with Crippen molar-refractivity contribution in [2.24, 2.45) is 0 Å². The van der Waals surface area contributed by atoms with Crippen molar-refractivity contribution >= 4 is 10.9 Å². The number of pyridine rings is 1. The molecule has 0 saturated carbocycles. The van der Waals surface area contributed by atoms with E-state index < -0.39 is 0 Å². The van der Waals surface area contributed by atoms with Crippen LogP contribution in [0.2, 0.25) is 0 Å². The summed E-state index contributed by atoms with van der Waals surface area (Å²) in [5.74, 6) is 2.02.